The number of amides is 2. The van der Waals surface area contributed by atoms with Crippen molar-refractivity contribution < 1.29 is 43.8 Å². The van der Waals surface area contributed by atoms with Crippen LogP contribution in [-0.4, -0.2) is 76.0 Å². The van der Waals surface area contributed by atoms with Crippen molar-refractivity contribution in [3.05, 3.63) is 178 Å². The molecule has 0 bridgehead atoms. The number of nitro benzene ring substituents is 1. The molecule has 6 atom stereocenters. The summed E-state index contributed by atoms with van der Waals surface area (Å²) in [6.45, 7) is 6.79. The predicted octanol–water partition coefficient (Wildman–Crippen LogP) is 10.4. The number of hydrogen-bond donors (Lipinski definition) is 3. The minimum atomic E-state index is -1.56. The summed E-state index contributed by atoms with van der Waals surface area (Å²) in [5.74, 6) is -2.16. The van der Waals surface area contributed by atoms with Gasteiger partial charge in [0.2, 0.25) is 11.7 Å². The quantitative estimate of drug-likeness (QED) is 0.0198. The molecule has 2 aliphatic carbocycles. The minimum Gasteiger partial charge on any atom is -0.459 e. The van der Waals surface area contributed by atoms with Crippen molar-refractivity contribution in [2.24, 2.45) is 22.9 Å². The lowest BCUT2D eigenvalue weighted by Crippen LogP contribution is -2.70. The van der Waals surface area contributed by atoms with Crippen LogP contribution in [0.1, 0.15) is 80.0 Å². The SMILES string of the molecule is C=CCOC12Oc3ccc(OC(=O)NCc4ccccc4)cc3C3C(CCCCO)C(CCCCO)C=C(C(=NOCC)CC1N(Cc1cccc4ccccc14)C(=O)C=Cc1ccc([N+](=O)[O-])cc1)C32. The standard InChI is InChI=1S/C57H62N4O10/c1-3-33-68-57-52(60(38-43-20-14-19-41-17-8-9-21-46(41)43)53(64)30-25-39-23-26-44(27-24-39)61(66)67)36-50(59-69-4-2)48-34-42(18-10-12-31-62)47(22-11-13-32-63)54(55(48)57)49-35-45(28-29-51(49)71-57)70-56(65)58-37-40-15-6-5-7-16-40/h3,5-9,14-17,19-21,23-30,34-35,42,47,52,54-55,62-63H,1,4,10-13,18,22,31-33,36-38H2,2H3,(H,58,65). The van der Waals surface area contributed by atoms with Crippen LogP contribution in [0.15, 0.2) is 151 Å². The fraction of sp³-hybridized carbons (Fsp3) is 0.351. The summed E-state index contributed by atoms with van der Waals surface area (Å²) in [5.41, 5.74) is 4.65. The zero-order valence-corrected chi connectivity index (χ0v) is 40.1. The number of aliphatic hydroxyl groups is 2. The van der Waals surface area contributed by atoms with E-state index >= 15 is 4.79 Å². The summed E-state index contributed by atoms with van der Waals surface area (Å²) in [6.07, 6.45) is 10.8. The highest BCUT2D eigenvalue weighted by Gasteiger charge is 2.65. The first-order chi connectivity index (χ1) is 34.7. The maximum absolute atomic E-state index is 15.4. The number of benzene rings is 5. The molecule has 0 saturated heterocycles. The summed E-state index contributed by atoms with van der Waals surface area (Å²) in [6, 6.07) is 34.1. The second kappa shape index (κ2) is 23.7. The molecule has 1 fully saturated rings. The van der Waals surface area contributed by atoms with Gasteiger partial charge < -0.3 is 39.5 Å². The normalized spacial score (nSPS) is 21.6. The average molecular weight is 963 g/mol. The zero-order valence-electron chi connectivity index (χ0n) is 40.1. The first-order valence-corrected chi connectivity index (χ1v) is 24.6. The lowest BCUT2D eigenvalue weighted by molar-refractivity contribution is -0.384. The zero-order chi connectivity index (χ0) is 49.7. The van der Waals surface area contributed by atoms with Crippen molar-refractivity contribution in [3.63, 3.8) is 0 Å². The second-order valence-electron chi connectivity index (χ2n) is 18.2. The third kappa shape index (κ3) is 11.4. The predicted molar refractivity (Wildman–Crippen MR) is 273 cm³/mol. The summed E-state index contributed by atoms with van der Waals surface area (Å²) >= 11 is 0. The highest BCUT2D eigenvalue weighted by Crippen LogP contribution is 2.62. The number of hydrogen-bond acceptors (Lipinski definition) is 11. The molecule has 1 heterocycles. The van der Waals surface area contributed by atoms with E-state index in [-0.39, 0.29) is 68.7 Å². The molecule has 1 aliphatic heterocycles. The molecule has 3 aliphatic rings. The Hall–Kier alpha value is -7.13. The Kier molecular flexibility index (Phi) is 16.7. The van der Waals surface area contributed by atoms with Crippen LogP contribution in [0.2, 0.25) is 0 Å². The minimum absolute atomic E-state index is 0.0142. The Bertz CT molecular complexity index is 2750. The number of nitrogens with one attached hydrogen (secondary N) is 1. The molecule has 3 N–H and O–H groups in total. The third-order valence-electron chi connectivity index (χ3n) is 13.8. The van der Waals surface area contributed by atoms with Crippen molar-refractivity contribution in [2.45, 2.75) is 82.7 Å². The van der Waals surface area contributed by atoms with Crippen molar-refractivity contribution >= 4 is 40.2 Å². The number of nitro groups is 1. The van der Waals surface area contributed by atoms with Gasteiger partial charge in [-0.15, -0.1) is 6.58 Å². The van der Waals surface area contributed by atoms with Gasteiger partial charge in [-0.3, -0.25) is 14.9 Å². The van der Waals surface area contributed by atoms with Crippen LogP contribution in [0.25, 0.3) is 16.8 Å². The lowest BCUT2D eigenvalue weighted by Gasteiger charge is -2.60. The molecule has 71 heavy (non-hydrogen) atoms. The number of carbonyl (C=O) groups is 2. The molecule has 0 radical (unpaired) electrons. The Morgan fingerprint density at radius 2 is 1.69 bits per heavy atom. The van der Waals surface area contributed by atoms with Crippen LogP contribution in [-0.2, 0) is 27.5 Å². The number of ether oxygens (including phenoxy) is 3. The van der Waals surface area contributed by atoms with Gasteiger partial charge in [0.05, 0.1) is 23.2 Å². The fourth-order valence-corrected chi connectivity index (χ4v) is 10.7. The highest BCUT2D eigenvalue weighted by atomic mass is 16.7. The van der Waals surface area contributed by atoms with Gasteiger partial charge in [0.25, 0.3) is 5.69 Å². The number of nitrogens with zero attached hydrogens (tertiary/aromatic N) is 3. The third-order valence-corrected chi connectivity index (χ3v) is 13.8. The molecule has 14 heteroatoms. The summed E-state index contributed by atoms with van der Waals surface area (Å²) < 4.78 is 20.6. The Labute approximate surface area is 414 Å². The topological polar surface area (TPSA) is 182 Å². The molecule has 14 nitrogen and oxygen atoms in total. The maximum Gasteiger partial charge on any atom is 0.412 e. The van der Waals surface area contributed by atoms with E-state index in [1.165, 1.54) is 18.2 Å². The van der Waals surface area contributed by atoms with Crippen LogP contribution >= 0.6 is 0 Å². The van der Waals surface area contributed by atoms with E-state index in [0.717, 1.165) is 52.3 Å². The number of fused-ring (bicyclic) bond motifs is 3. The second-order valence-corrected chi connectivity index (χ2v) is 18.2. The number of oxime groups is 1. The van der Waals surface area contributed by atoms with Gasteiger partial charge in [-0.1, -0.05) is 103 Å². The Morgan fingerprint density at radius 3 is 2.44 bits per heavy atom. The van der Waals surface area contributed by atoms with E-state index in [9.17, 15) is 25.1 Å². The molecule has 8 rings (SSSR count). The smallest absolute Gasteiger partial charge is 0.412 e. The van der Waals surface area contributed by atoms with Crippen LogP contribution in [0, 0.1) is 27.9 Å². The van der Waals surface area contributed by atoms with E-state index in [2.05, 4.69) is 18.0 Å². The maximum atomic E-state index is 15.4. The largest absolute Gasteiger partial charge is 0.459 e. The molecule has 1 saturated carbocycles. The molecule has 2 amide bonds. The van der Waals surface area contributed by atoms with Gasteiger partial charge in [-0.05, 0) is 114 Å². The van der Waals surface area contributed by atoms with E-state index in [1.54, 1.807) is 41.3 Å². The Morgan fingerprint density at radius 1 is 0.944 bits per heavy atom. The van der Waals surface area contributed by atoms with Gasteiger partial charge in [-0.25, -0.2) is 4.79 Å². The molecule has 6 unspecified atom stereocenters. The first-order valence-electron chi connectivity index (χ1n) is 24.6. The molecule has 0 spiro atoms. The van der Waals surface area contributed by atoms with Crippen LogP contribution < -0.4 is 14.8 Å². The van der Waals surface area contributed by atoms with Crippen molar-refractivity contribution in [1.29, 1.82) is 0 Å². The van der Waals surface area contributed by atoms with E-state index < -0.39 is 28.8 Å². The van der Waals surface area contributed by atoms with Crippen molar-refractivity contribution in [3.8, 4) is 11.5 Å². The number of carbonyl (C=O) groups excluding carboxylic acids is 2. The van der Waals surface area contributed by atoms with Gasteiger partial charge >= 0.3 is 6.09 Å². The van der Waals surface area contributed by atoms with Gasteiger partial charge in [0.15, 0.2) is 0 Å². The summed E-state index contributed by atoms with van der Waals surface area (Å²) in [4.78, 5) is 47.5. The first kappa shape index (κ1) is 50.3. The number of non-ortho nitro benzene ring substituents is 1. The summed E-state index contributed by atoms with van der Waals surface area (Å²) in [7, 11) is 0. The van der Waals surface area contributed by atoms with Gasteiger partial charge in [0, 0.05) is 62.4 Å². The van der Waals surface area contributed by atoms with E-state index in [1.807, 2.05) is 85.8 Å². The molecule has 0 aromatic heterocycles. The van der Waals surface area contributed by atoms with E-state index in [0.29, 0.717) is 48.6 Å². The molecule has 5 aromatic carbocycles. The lowest BCUT2D eigenvalue weighted by atomic mass is 9.55. The monoisotopic (exact) mass is 962 g/mol. The molecular weight excluding hydrogens is 901 g/mol. The van der Waals surface area contributed by atoms with Gasteiger partial charge in [0.1, 0.15) is 24.1 Å². The van der Waals surface area contributed by atoms with Crippen molar-refractivity contribution in [2.75, 3.05) is 26.4 Å². The molecule has 5 aromatic rings. The Balaban J connectivity index is 1.31. The molecule has 370 valence electrons. The van der Waals surface area contributed by atoms with Crippen LogP contribution in [0.5, 0.6) is 11.5 Å². The van der Waals surface area contributed by atoms with Crippen molar-refractivity contribution in [1.82, 2.24) is 10.2 Å². The molecular formula is C57H62N4O10. The van der Waals surface area contributed by atoms with Crippen LogP contribution in [0.4, 0.5) is 10.5 Å². The van der Waals surface area contributed by atoms with Crippen LogP contribution in [0.3, 0.4) is 0 Å². The number of unbranched alkanes of at least 4 members (excludes halogenated alkanes) is 2. The average Bonchev–Trinajstić information content (AvgIpc) is 3.39. The fourth-order valence-electron chi connectivity index (χ4n) is 10.7. The number of rotatable bonds is 22. The van der Waals surface area contributed by atoms with E-state index in [4.69, 9.17) is 24.2 Å². The summed E-state index contributed by atoms with van der Waals surface area (Å²) in [5, 5.41) is 41.2. The number of allylic oxidation sites excluding steroid dienone is 1. The number of aliphatic hydroxyl groups excluding tert-OH is 2. The van der Waals surface area contributed by atoms with Gasteiger partial charge in [-0.2, -0.15) is 0 Å². The highest BCUT2D eigenvalue weighted by molar-refractivity contribution is 6.03.